The highest BCUT2D eigenvalue weighted by atomic mass is 79.9. The molecule has 2 rings (SSSR count). The van der Waals surface area contributed by atoms with E-state index in [0.717, 1.165) is 24.9 Å². The molecule has 0 saturated carbocycles. The maximum absolute atomic E-state index is 13.5. The molecule has 0 spiro atoms. The van der Waals surface area contributed by atoms with Crippen molar-refractivity contribution in [1.29, 1.82) is 0 Å². The lowest BCUT2D eigenvalue weighted by molar-refractivity contribution is -0.131. The maximum atomic E-state index is 13.5. The van der Waals surface area contributed by atoms with Crippen LogP contribution in [0.25, 0.3) is 0 Å². The van der Waals surface area contributed by atoms with Crippen molar-refractivity contribution in [2.24, 2.45) is 5.92 Å². The fourth-order valence-corrected chi connectivity index (χ4v) is 3.22. The minimum Gasteiger partial charge on any atom is -0.338 e. The minimum absolute atomic E-state index is 0.194. The van der Waals surface area contributed by atoms with Crippen LogP contribution < -0.4 is 0 Å². The van der Waals surface area contributed by atoms with Crippen molar-refractivity contribution in [3.05, 3.63) is 34.1 Å². The zero-order valence-corrected chi connectivity index (χ0v) is 13.5. The Balaban J connectivity index is 2.04. The Kier molecular flexibility index (Phi) is 5.58. The molecule has 1 fully saturated rings. The average molecular weight is 342 g/mol. The summed E-state index contributed by atoms with van der Waals surface area (Å²) in [6.45, 7) is 3.47. The van der Waals surface area contributed by atoms with Crippen molar-refractivity contribution in [3.63, 3.8) is 0 Å². The van der Waals surface area contributed by atoms with Gasteiger partial charge < -0.3 is 4.90 Å². The molecule has 1 aliphatic heterocycles. The summed E-state index contributed by atoms with van der Waals surface area (Å²) in [5, 5.41) is 0. The summed E-state index contributed by atoms with van der Waals surface area (Å²) in [6.07, 6.45) is 5.05. The first kappa shape index (κ1) is 15.5. The monoisotopic (exact) mass is 341 g/mol. The highest BCUT2D eigenvalue weighted by Crippen LogP contribution is 2.26. The van der Waals surface area contributed by atoms with Gasteiger partial charge in [0.15, 0.2) is 0 Å². The highest BCUT2D eigenvalue weighted by Gasteiger charge is 2.22. The van der Waals surface area contributed by atoms with Crippen LogP contribution in [-0.4, -0.2) is 17.4 Å². The van der Waals surface area contributed by atoms with E-state index >= 15 is 0 Å². The molecule has 1 aliphatic rings. The SMILES string of the molecule is CCCC1CCC(=O)N(Cc2cccc(F)c2Br)CC1. The molecule has 1 heterocycles. The molecule has 1 aromatic rings. The summed E-state index contributed by atoms with van der Waals surface area (Å²) in [6, 6.07) is 4.99. The van der Waals surface area contributed by atoms with E-state index in [9.17, 15) is 9.18 Å². The van der Waals surface area contributed by atoms with Gasteiger partial charge in [0.05, 0.1) is 4.47 Å². The van der Waals surface area contributed by atoms with Crippen molar-refractivity contribution in [2.75, 3.05) is 6.54 Å². The standard InChI is InChI=1S/C16H21BrFNO/c1-2-4-12-7-8-15(20)19(10-9-12)11-13-5-3-6-14(18)16(13)17/h3,5-6,12H,2,4,7-11H2,1H3. The van der Waals surface area contributed by atoms with Crippen LogP contribution in [0, 0.1) is 11.7 Å². The maximum Gasteiger partial charge on any atom is 0.222 e. The Morgan fingerprint density at radius 3 is 2.95 bits per heavy atom. The fourth-order valence-electron chi connectivity index (χ4n) is 2.83. The molecule has 1 unspecified atom stereocenters. The Morgan fingerprint density at radius 2 is 2.20 bits per heavy atom. The van der Waals surface area contributed by atoms with Gasteiger partial charge in [-0.05, 0) is 46.3 Å². The summed E-state index contributed by atoms with van der Waals surface area (Å²) >= 11 is 3.27. The number of hydrogen-bond acceptors (Lipinski definition) is 1. The Bertz CT molecular complexity index is 478. The van der Waals surface area contributed by atoms with Crippen LogP contribution in [0.2, 0.25) is 0 Å². The molecule has 2 nitrogen and oxygen atoms in total. The van der Waals surface area contributed by atoms with Crippen molar-refractivity contribution in [2.45, 2.75) is 45.6 Å². The summed E-state index contributed by atoms with van der Waals surface area (Å²) in [5.74, 6) is 0.582. The van der Waals surface area contributed by atoms with Gasteiger partial charge in [-0.3, -0.25) is 4.79 Å². The zero-order valence-electron chi connectivity index (χ0n) is 11.9. The molecular formula is C16H21BrFNO. The average Bonchev–Trinajstić information content (AvgIpc) is 2.60. The zero-order chi connectivity index (χ0) is 14.5. The van der Waals surface area contributed by atoms with Crippen LogP contribution in [0.4, 0.5) is 4.39 Å². The predicted octanol–water partition coefficient (Wildman–Crippen LogP) is 4.52. The molecule has 0 bridgehead atoms. The number of rotatable bonds is 4. The predicted molar refractivity (Wildman–Crippen MR) is 81.8 cm³/mol. The molecule has 1 amide bonds. The van der Waals surface area contributed by atoms with Gasteiger partial charge in [0.2, 0.25) is 5.91 Å². The molecule has 1 atom stereocenters. The van der Waals surface area contributed by atoms with E-state index in [-0.39, 0.29) is 11.7 Å². The summed E-state index contributed by atoms with van der Waals surface area (Å²) in [7, 11) is 0. The van der Waals surface area contributed by atoms with Crippen LogP contribution in [0.1, 0.15) is 44.6 Å². The van der Waals surface area contributed by atoms with E-state index in [0.29, 0.717) is 23.4 Å². The van der Waals surface area contributed by atoms with Crippen molar-refractivity contribution in [3.8, 4) is 0 Å². The molecule has 0 N–H and O–H groups in total. The van der Waals surface area contributed by atoms with Crippen LogP contribution in [0.3, 0.4) is 0 Å². The molecule has 0 aromatic heterocycles. The largest absolute Gasteiger partial charge is 0.338 e. The van der Waals surface area contributed by atoms with Gasteiger partial charge in [0.1, 0.15) is 5.82 Å². The normalized spacial score (nSPS) is 20.1. The van der Waals surface area contributed by atoms with E-state index in [1.54, 1.807) is 6.07 Å². The second-order valence-corrected chi connectivity index (χ2v) is 6.30. The smallest absolute Gasteiger partial charge is 0.222 e. The fraction of sp³-hybridized carbons (Fsp3) is 0.562. The minimum atomic E-state index is -0.270. The first-order valence-corrected chi connectivity index (χ1v) is 8.11. The number of hydrogen-bond donors (Lipinski definition) is 0. The van der Waals surface area contributed by atoms with E-state index in [4.69, 9.17) is 0 Å². The van der Waals surface area contributed by atoms with Gasteiger partial charge in [0.25, 0.3) is 0 Å². The highest BCUT2D eigenvalue weighted by molar-refractivity contribution is 9.10. The first-order chi connectivity index (χ1) is 9.61. The lowest BCUT2D eigenvalue weighted by Gasteiger charge is -2.21. The third-order valence-corrected chi connectivity index (χ3v) is 4.90. The van der Waals surface area contributed by atoms with E-state index < -0.39 is 0 Å². The number of nitrogens with zero attached hydrogens (tertiary/aromatic N) is 1. The number of benzene rings is 1. The Labute approximate surface area is 128 Å². The molecule has 0 radical (unpaired) electrons. The van der Waals surface area contributed by atoms with Crippen LogP contribution in [0.5, 0.6) is 0 Å². The van der Waals surface area contributed by atoms with Gasteiger partial charge in [-0.1, -0.05) is 31.9 Å². The molecule has 110 valence electrons. The third-order valence-electron chi connectivity index (χ3n) is 4.02. The van der Waals surface area contributed by atoms with Crippen molar-refractivity contribution >= 4 is 21.8 Å². The van der Waals surface area contributed by atoms with Crippen molar-refractivity contribution < 1.29 is 9.18 Å². The second-order valence-electron chi connectivity index (χ2n) is 5.51. The summed E-state index contributed by atoms with van der Waals surface area (Å²) in [4.78, 5) is 14.1. The summed E-state index contributed by atoms with van der Waals surface area (Å²) < 4.78 is 14.0. The van der Waals surface area contributed by atoms with Gasteiger partial charge >= 0.3 is 0 Å². The van der Waals surface area contributed by atoms with Crippen LogP contribution >= 0.6 is 15.9 Å². The van der Waals surface area contributed by atoms with Gasteiger partial charge in [-0.15, -0.1) is 0 Å². The first-order valence-electron chi connectivity index (χ1n) is 7.32. The van der Waals surface area contributed by atoms with Crippen molar-refractivity contribution in [1.82, 2.24) is 4.90 Å². The molecule has 4 heteroatoms. The van der Waals surface area contributed by atoms with Crippen LogP contribution in [0.15, 0.2) is 22.7 Å². The van der Waals surface area contributed by atoms with Gasteiger partial charge in [-0.25, -0.2) is 4.39 Å². The molecule has 1 aromatic carbocycles. The topological polar surface area (TPSA) is 20.3 Å². The number of carbonyl (C=O) groups excluding carboxylic acids is 1. The Hall–Kier alpha value is -0.900. The molecular weight excluding hydrogens is 321 g/mol. The van der Waals surface area contributed by atoms with E-state index in [2.05, 4.69) is 22.9 Å². The number of halogens is 2. The quantitative estimate of drug-likeness (QED) is 0.788. The number of carbonyl (C=O) groups is 1. The molecule has 20 heavy (non-hydrogen) atoms. The molecule has 0 aliphatic carbocycles. The van der Waals surface area contributed by atoms with Crippen LogP contribution in [-0.2, 0) is 11.3 Å². The third kappa shape index (κ3) is 3.81. The van der Waals surface area contributed by atoms with E-state index in [1.165, 1.54) is 18.9 Å². The lowest BCUT2D eigenvalue weighted by Crippen LogP contribution is -2.30. The number of amides is 1. The van der Waals surface area contributed by atoms with Gasteiger partial charge in [-0.2, -0.15) is 0 Å². The molecule has 1 saturated heterocycles. The Morgan fingerprint density at radius 1 is 1.40 bits per heavy atom. The second kappa shape index (κ2) is 7.21. The van der Waals surface area contributed by atoms with Gasteiger partial charge in [0, 0.05) is 19.5 Å². The lowest BCUT2D eigenvalue weighted by atomic mass is 9.96. The number of likely N-dealkylation sites (tertiary alicyclic amines) is 1. The summed E-state index contributed by atoms with van der Waals surface area (Å²) in [5.41, 5.74) is 0.840. The van der Waals surface area contributed by atoms with E-state index in [1.807, 2.05) is 11.0 Å².